The lowest BCUT2D eigenvalue weighted by Gasteiger charge is -2.26. The van der Waals surface area contributed by atoms with Crippen LogP contribution in [0.3, 0.4) is 0 Å². The number of hydrogen-bond donors (Lipinski definition) is 2. The summed E-state index contributed by atoms with van der Waals surface area (Å²) < 4.78 is 0. The van der Waals surface area contributed by atoms with Gasteiger partial charge in [0, 0.05) is 43.2 Å². The molecular weight excluding hydrogens is 318 g/mol. The fraction of sp³-hybridized carbons (Fsp3) is 0.632. The van der Waals surface area contributed by atoms with Crippen LogP contribution >= 0.6 is 11.8 Å². The van der Waals surface area contributed by atoms with E-state index in [9.17, 15) is 4.79 Å². The van der Waals surface area contributed by atoms with E-state index in [4.69, 9.17) is 0 Å². The Morgan fingerprint density at radius 2 is 2.21 bits per heavy atom. The van der Waals surface area contributed by atoms with Crippen LogP contribution in [0.2, 0.25) is 0 Å². The molecule has 3 rings (SSSR count). The Morgan fingerprint density at radius 3 is 2.92 bits per heavy atom. The van der Waals surface area contributed by atoms with Crippen molar-refractivity contribution in [3.63, 3.8) is 0 Å². The van der Waals surface area contributed by atoms with Crippen molar-refractivity contribution in [1.29, 1.82) is 0 Å². The first-order valence-electron chi connectivity index (χ1n) is 9.11. The van der Waals surface area contributed by atoms with Gasteiger partial charge in [0.1, 0.15) is 0 Å². The molecule has 2 saturated heterocycles. The Balaban J connectivity index is 1.49. The van der Waals surface area contributed by atoms with Gasteiger partial charge in [0.2, 0.25) is 5.91 Å². The van der Waals surface area contributed by atoms with Crippen LogP contribution in [0.25, 0.3) is 0 Å². The van der Waals surface area contributed by atoms with Crippen LogP contribution in [0.1, 0.15) is 30.4 Å². The highest BCUT2D eigenvalue weighted by molar-refractivity contribution is 7.99. The number of nitrogens with one attached hydrogen (secondary N) is 2. The van der Waals surface area contributed by atoms with Crippen LogP contribution < -0.4 is 10.6 Å². The third-order valence-electron chi connectivity index (χ3n) is 5.02. The number of carbonyl (C=O) groups is 1. The lowest BCUT2D eigenvalue weighted by molar-refractivity contribution is -0.116. The number of rotatable bonds is 6. The molecule has 0 bridgehead atoms. The van der Waals surface area contributed by atoms with Gasteiger partial charge in [-0.05, 0) is 56.0 Å². The van der Waals surface area contributed by atoms with Gasteiger partial charge in [0.05, 0.1) is 0 Å². The van der Waals surface area contributed by atoms with Crippen LogP contribution in [-0.2, 0) is 11.3 Å². The van der Waals surface area contributed by atoms with Gasteiger partial charge in [-0.2, -0.15) is 11.8 Å². The predicted octanol–water partition coefficient (Wildman–Crippen LogP) is 2.87. The fourth-order valence-corrected chi connectivity index (χ4v) is 4.47. The minimum Gasteiger partial charge on any atom is -0.326 e. The standard InChI is InChI=1S/C19H29N3OS/c1-15-12-17(14-22-8-10-24-11-9-22)2-4-18(15)21-19(23)5-3-16-6-7-20-13-16/h2,4,12,16,20H,3,5-11,13-14H2,1H3,(H,21,23). The average molecular weight is 348 g/mol. The van der Waals surface area contributed by atoms with Crippen molar-refractivity contribution in [2.45, 2.75) is 32.7 Å². The summed E-state index contributed by atoms with van der Waals surface area (Å²) in [4.78, 5) is 14.7. The highest BCUT2D eigenvalue weighted by Crippen LogP contribution is 2.20. The zero-order chi connectivity index (χ0) is 16.8. The molecule has 1 amide bonds. The number of amides is 1. The molecule has 0 aromatic heterocycles. The summed E-state index contributed by atoms with van der Waals surface area (Å²) in [7, 11) is 0. The Morgan fingerprint density at radius 1 is 1.38 bits per heavy atom. The normalized spacial score (nSPS) is 21.8. The first-order valence-corrected chi connectivity index (χ1v) is 10.3. The van der Waals surface area contributed by atoms with E-state index in [1.165, 1.54) is 36.6 Å². The van der Waals surface area contributed by atoms with Crippen LogP contribution in [0, 0.1) is 12.8 Å². The molecule has 2 aliphatic rings. The van der Waals surface area contributed by atoms with E-state index in [2.05, 4.69) is 40.7 Å². The number of nitrogens with zero attached hydrogens (tertiary/aromatic N) is 1. The van der Waals surface area contributed by atoms with Crippen molar-refractivity contribution in [2.75, 3.05) is 43.0 Å². The van der Waals surface area contributed by atoms with Crippen LogP contribution in [0.4, 0.5) is 5.69 Å². The van der Waals surface area contributed by atoms with Gasteiger partial charge >= 0.3 is 0 Å². The van der Waals surface area contributed by atoms with Crippen molar-refractivity contribution < 1.29 is 4.79 Å². The maximum Gasteiger partial charge on any atom is 0.224 e. The van der Waals surface area contributed by atoms with Crippen LogP contribution in [-0.4, -0.2) is 48.5 Å². The first-order chi connectivity index (χ1) is 11.7. The number of thioether (sulfide) groups is 1. The van der Waals surface area contributed by atoms with E-state index < -0.39 is 0 Å². The number of benzene rings is 1. The van der Waals surface area contributed by atoms with E-state index in [0.29, 0.717) is 12.3 Å². The summed E-state index contributed by atoms with van der Waals surface area (Å²) in [5.41, 5.74) is 3.46. The largest absolute Gasteiger partial charge is 0.326 e. The second kappa shape index (κ2) is 8.88. The molecule has 2 fully saturated rings. The molecule has 1 unspecified atom stereocenters. The molecule has 5 heteroatoms. The van der Waals surface area contributed by atoms with Crippen molar-refractivity contribution in [3.05, 3.63) is 29.3 Å². The number of hydrogen-bond acceptors (Lipinski definition) is 4. The molecule has 0 radical (unpaired) electrons. The number of anilines is 1. The molecule has 2 heterocycles. The maximum absolute atomic E-state index is 12.2. The van der Waals surface area contributed by atoms with E-state index in [1.807, 2.05) is 11.8 Å². The predicted molar refractivity (Wildman–Crippen MR) is 103 cm³/mol. The minimum absolute atomic E-state index is 0.144. The Labute approximate surface area is 149 Å². The summed E-state index contributed by atoms with van der Waals surface area (Å²) in [6.45, 7) is 7.63. The molecule has 24 heavy (non-hydrogen) atoms. The van der Waals surface area contributed by atoms with E-state index >= 15 is 0 Å². The molecule has 1 aromatic rings. The zero-order valence-electron chi connectivity index (χ0n) is 14.6. The zero-order valence-corrected chi connectivity index (χ0v) is 15.5. The Bertz CT molecular complexity index is 552. The third kappa shape index (κ3) is 5.23. The van der Waals surface area contributed by atoms with Crippen molar-refractivity contribution in [3.8, 4) is 0 Å². The number of aryl methyl sites for hydroxylation is 1. The molecule has 1 atom stereocenters. The third-order valence-corrected chi connectivity index (χ3v) is 5.96. The quantitative estimate of drug-likeness (QED) is 0.830. The molecule has 132 valence electrons. The highest BCUT2D eigenvalue weighted by atomic mass is 32.2. The smallest absolute Gasteiger partial charge is 0.224 e. The average Bonchev–Trinajstić information content (AvgIpc) is 3.10. The van der Waals surface area contributed by atoms with E-state index in [0.717, 1.165) is 37.3 Å². The van der Waals surface area contributed by atoms with Gasteiger partial charge in [-0.15, -0.1) is 0 Å². The molecule has 0 aliphatic carbocycles. The van der Waals surface area contributed by atoms with E-state index in [-0.39, 0.29) is 5.91 Å². The Hall–Kier alpha value is -1.04. The maximum atomic E-state index is 12.2. The molecule has 0 saturated carbocycles. The van der Waals surface area contributed by atoms with Gasteiger partial charge in [-0.25, -0.2) is 0 Å². The first kappa shape index (κ1) is 17.8. The van der Waals surface area contributed by atoms with Crippen LogP contribution in [0.15, 0.2) is 18.2 Å². The SMILES string of the molecule is Cc1cc(CN2CCSCC2)ccc1NC(=O)CCC1CCNC1. The second-order valence-corrected chi connectivity index (χ2v) is 8.21. The number of carbonyl (C=O) groups excluding carboxylic acids is 1. The lowest BCUT2D eigenvalue weighted by atomic mass is 10.0. The van der Waals surface area contributed by atoms with Gasteiger partial charge in [-0.3, -0.25) is 9.69 Å². The molecule has 4 nitrogen and oxygen atoms in total. The Kier molecular flexibility index (Phi) is 6.58. The molecule has 2 aliphatic heterocycles. The lowest BCUT2D eigenvalue weighted by Crippen LogP contribution is -2.31. The summed E-state index contributed by atoms with van der Waals surface area (Å²) in [5, 5.41) is 6.45. The monoisotopic (exact) mass is 347 g/mol. The van der Waals surface area contributed by atoms with Gasteiger partial charge < -0.3 is 10.6 Å². The molecule has 2 N–H and O–H groups in total. The molecule has 1 aromatic carbocycles. The van der Waals surface area contributed by atoms with Crippen LogP contribution in [0.5, 0.6) is 0 Å². The van der Waals surface area contributed by atoms with Crippen molar-refractivity contribution in [2.24, 2.45) is 5.92 Å². The molecular formula is C19H29N3OS. The van der Waals surface area contributed by atoms with Gasteiger partial charge in [-0.1, -0.05) is 12.1 Å². The topological polar surface area (TPSA) is 44.4 Å². The van der Waals surface area contributed by atoms with Gasteiger partial charge in [0.15, 0.2) is 0 Å². The summed E-state index contributed by atoms with van der Waals surface area (Å²) in [6, 6.07) is 6.45. The summed E-state index contributed by atoms with van der Waals surface area (Å²) in [6.07, 6.45) is 2.82. The van der Waals surface area contributed by atoms with Gasteiger partial charge in [0.25, 0.3) is 0 Å². The fourth-order valence-electron chi connectivity index (χ4n) is 3.49. The molecule has 0 spiro atoms. The van der Waals surface area contributed by atoms with E-state index in [1.54, 1.807) is 0 Å². The summed E-state index contributed by atoms with van der Waals surface area (Å²) in [5.74, 6) is 3.29. The van der Waals surface area contributed by atoms with Crippen molar-refractivity contribution >= 4 is 23.4 Å². The summed E-state index contributed by atoms with van der Waals surface area (Å²) >= 11 is 2.04. The minimum atomic E-state index is 0.144. The van der Waals surface area contributed by atoms with Crippen molar-refractivity contribution in [1.82, 2.24) is 10.2 Å². The second-order valence-electron chi connectivity index (χ2n) is 6.98. The highest BCUT2D eigenvalue weighted by Gasteiger charge is 2.16.